The molecule has 0 radical (unpaired) electrons. The highest BCUT2D eigenvalue weighted by Crippen LogP contribution is 2.18. The summed E-state index contributed by atoms with van der Waals surface area (Å²) >= 11 is 0. The Hall–Kier alpha value is -1.55. The molecular weight excluding hydrogens is 226 g/mol. The van der Waals surface area contributed by atoms with Crippen LogP contribution in [0.3, 0.4) is 0 Å². The number of nitrogen functional groups attached to an aromatic ring is 1. The minimum absolute atomic E-state index is 0.00203. The standard InChI is InChI=1S/C14H23N3O/c1-4-17(5-2)9-8-16-12-6-7-13(11(3)18)14(15)10-12/h6-7,10,16H,4-5,8-9,15H2,1-3H3. The summed E-state index contributed by atoms with van der Waals surface area (Å²) in [6, 6.07) is 5.49. The van der Waals surface area contributed by atoms with E-state index in [4.69, 9.17) is 5.73 Å². The summed E-state index contributed by atoms with van der Waals surface area (Å²) in [5.41, 5.74) is 7.92. The second kappa shape index (κ2) is 7.01. The third-order valence-corrected chi connectivity index (χ3v) is 3.08. The molecule has 1 rings (SSSR count). The maximum Gasteiger partial charge on any atom is 0.161 e. The average molecular weight is 249 g/mol. The Morgan fingerprint density at radius 2 is 2.00 bits per heavy atom. The third-order valence-electron chi connectivity index (χ3n) is 3.08. The Labute approximate surface area is 109 Å². The Balaban J connectivity index is 2.53. The predicted octanol–water partition coefficient (Wildman–Crippen LogP) is 2.23. The first-order valence-electron chi connectivity index (χ1n) is 6.45. The second-order valence-corrected chi connectivity index (χ2v) is 4.31. The maximum absolute atomic E-state index is 11.3. The molecule has 0 amide bonds. The smallest absolute Gasteiger partial charge is 0.161 e. The van der Waals surface area contributed by atoms with Crippen LogP contribution in [0.15, 0.2) is 18.2 Å². The molecule has 0 aliphatic heterocycles. The van der Waals surface area contributed by atoms with E-state index in [0.29, 0.717) is 11.3 Å². The lowest BCUT2D eigenvalue weighted by Crippen LogP contribution is -2.28. The molecule has 0 atom stereocenters. The monoisotopic (exact) mass is 249 g/mol. The van der Waals surface area contributed by atoms with Crippen molar-refractivity contribution in [3.63, 3.8) is 0 Å². The van der Waals surface area contributed by atoms with Crippen LogP contribution in [0.25, 0.3) is 0 Å². The summed E-state index contributed by atoms with van der Waals surface area (Å²) in [6.07, 6.45) is 0. The summed E-state index contributed by atoms with van der Waals surface area (Å²) < 4.78 is 0. The van der Waals surface area contributed by atoms with Crippen LogP contribution in [0, 0.1) is 0 Å². The van der Waals surface area contributed by atoms with Gasteiger partial charge in [-0.15, -0.1) is 0 Å². The van der Waals surface area contributed by atoms with Gasteiger partial charge in [-0.05, 0) is 38.2 Å². The molecule has 0 aliphatic rings. The second-order valence-electron chi connectivity index (χ2n) is 4.31. The van der Waals surface area contributed by atoms with Gasteiger partial charge < -0.3 is 16.0 Å². The molecule has 0 aliphatic carbocycles. The summed E-state index contributed by atoms with van der Waals surface area (Å²) in [5, 5.41) is 3.32. The highest BCUT2D eigenvalue weighted by atomic mass is 16.1. The quantitative estimate of drug-likeness (QED) is 0.574. The summed E-state index contributed by atoms with van der Waals surface area (Å²) in [6.45, 7) is 9.83. The average Bonchev–Trinajstić information content (AvgIpc) is 2.34. The predicted molar refractivity (Wildman–Crippen MR) is 77.1 cm³/mol. The van der Waals surface area contributed by atoms with Crippen LogP contribution in [-0.2, 0) is 0 Å². The number of hydrogen-bond acceptors (Lipinski definition) is 4. The van der Waals surface area contributed by atoms with Gasteiger partial charge in [0.25, 0.3) is 0 Å². The Morgan fingerprint density at radius 1 is 1.33 bits per heavy atom. The number of hydrogen-bond donors (Lipinski definition) is 2. The number of likely N-dealkylation sites (N-methyl/N-ethyl adjacent to an activating group) is 1. The van der Waals surface area contributed by atoms with Gasteiger partial charge in [0, 0.05) is 30.0 Å². The first-order chi connectivity index (χ1) is 8.58. The number of nitrogens with zero attached hydrogens (tertiary/aromatic N) is 1. The zero-order valence-electron chi connectivity index (χ0n) is 11.5. The fraction of sp³-hybridized carbons (Fsp3) is 0.500. The minimum atomic E-state index is 0.00203. The SMILES string of the molecule is CCN(CC)CCNc1ccc(C(C)=O)c(N)c1. The molecule has 0 heterocycles. The largest absolute Gasteiger partial charge is 0.398 e. The summed E-state index contributed by atoms with van der Waals surface area (Å²) in [5.74, 6) is 0.00203. The number of Topliss-reactive ketones (excluding diaryl/α,β-unsaturated/α-hetero) is 1. The molecule has 4 heteroatoms. The zero-order chi connectivity index (χ0) is 13.5. The molecule has 0 saturated carbocycles. The van der Waals surface area contributed by atoms with Crippen LogP contribution < -0.4 is 11.1 Å². The van der Waals surface area contributed by atoms with Gasteiger partial charge in [-0.25, -0.2) is 0 Å². The molecule has 0 spiro atoms. The van der Waals surface area contributed by atoms with Crippen LogP contribution in [0.2, 0.25) is 0 Å². The molecule has 1 aromatic rings. The molecular formula is C14H23N3O. The van der Waals surface area contributed by atoms with E-state index in [-0.39, 0.29) is 5.78 Å². The van der Waals surface area contributed by atoms with Crippen molar-refractivity contribution < 1.29 is 4.79 Å². The van der Waals surface area contributed by atoms with E-state index in [1.807, 2.05) is 12.1 Å². The van der Waals surface area contributed by atoms with Gasteiger partial charge >= 0.3 is 0 Å². The Bertz CT molecular complexity index is 400. The third kappa shape index (κ3) is 4.04. The lowest BCUT2D eigenvalue weighted by atomic mass is 10.1. The van der Waals surface area contributed by atoms with Gasteiger partial charge in [0.15, 0.2) is 5.78 Å². The van der Waals surface area contributed by atoms with E-state index in [0.717, 1.165) is 31.9 Å². The van der Waals surface area contributed by atoms with Crippen LogP contribution >= 0.6 is 0 Å². The van der Waals surface area contributed by atoms with Crippen molar-refractivity contribution in [1.82, 2.24) is 4.90 Å². The minimum Gasteiger partial charge on any atom is -0.398 e. The van der Waals surface area contributed by atoms with Gasteiger partial charge in [0.1, 0.15) is 0 Å². The van der Waals surface area contributed by atoms with Crippen molar-refractivity contribution in [2.75, 3.05) is 37.2 Å². The number of carbonyl (C=O) groups is 1. The molecule has 3 N–H and O–H groups in total. The normalized spacial score (nSPS) is 10.7. The van der Waals surface area contributed by atoms with Crippen molar-refractivity contribution in [2.45, 2.75) is 20.8 Å². The molecule has 0 bridgehead atoms. The van der Waals surface area contributed by atoms with Crippen molar-refractivity contribution in [1.29, 1.82) is 0 Å². The number of carbonyl (C=O) groups excluding carboxylic acids is 1. The van der Waals surface area contributed by atoms with E-state index in [1.165, 1.54) is 6.92 Å². The van der Waals surface area contributed by atoms with Gasteiger partial charge in [-0.1, -0.05) is 13.8 Å². The topological polar surface area (TPSA) is 58.4 Å². The van der Waals surface area contributed by atoms with E-state index in [9.17, 15) is 4.79 Å². The lowest BCUT2D eigenvalue weighted by Gasteiger charge is -2.18. The van der Waals surface area contributed by atoms with Crippen LogP contribution in [0.1, 0.15) is 31.1 Å². The van der Waals surface area contributed by atoms with E-state index < -0.39 is 0 Å². The van der Waals surface area contributed by atoms with E-state index >= 15 is 0 Å². The van der Waals surface area contributed by atoms with Crippen molar-refractivity contribution in [3.05, 3.63) is 23.8 Å². The highest BCUT2D eigenvalue weighted by Gasteiger charge is 2.05. The first-order valence-corrected chi connectivity index (χ1v) is 6.45. The molecule has 100 valence electrons. The Kier molecular flexibility index (Phi) is 5.65. The van der Waals surface area contributed by atoms with E-state index in [2.05, 4.69) is 24.1 Å². The number of anilines is 2. The number of ketones is 1. The number of rotatable bonds is 7. The van der Waals surface area contributed by atoms with Crippen LogP contribution in [0.4, 0.5) is 11.4 Å². The first kappa shape index (κ1) is 14.5. The van der Waals surface area contributed by atoms with Crippen LogP contribution in [0.5, 0.6) is 0 Å². The van der Waals surface area contributed by atoms with Gasteiger partial charge in [0.2, 0.25) is 0 Å². The fourth-order valence-electron chi connectivity index (χ4n) is 1.89. The van der Waals surface area contributed by atoms with Gasteiger partial charge in [0.05, 0.1) is 0 Å². The molecule has 0 saturated heterocycles. The zero-order valence-corrected chi connectivity index (χ0v) is 11.5. The van der Waals surface area contributed by atoms with E-state index in [1.54, 1.807) is 6.07 Å². The van der Waals surface area contributed by atoms with Crippen LogP contribution in [-0.4, -0.2) is 36.9 Å². The molecule has 0 aromatic heterocycles. The molecule has 4 nitrogen and oxygen atoms in total. The lowest BCUT2D eigenvalue weighted by molar-refractivity contribution is 0.101. The van der Waals surface area contributed by atoms with Crippen molar-refractivity contribution in [2.24, 2.45) is 0 Å². The van der Waals surface area contributed by atoms with Gasteiger partial charge in [-0.2, -0.15) is 0 Å². The van der Waals surface area contributed by atoms with Crippen molar-refractivity contribution >= 4 is 17.2 Å². The number of nitrogens with two attached hydrogens (primary N) is 1. The van der Waals surface area contributed by atoms with Gasteiger partial charge in [-0.3, -0.25) is 4.79 Å². The summed E-state index contributed by atoms with van der Waals surface area (Å²) in [7, 11) is 0. The molecule has 0 fully saturated rings. The van der Waals surface area contributed by atoms with Crippen molar-refractivity contribution in [3.8, 4) is 0 Å². The summed E-state index contributed by atoms with van der Waals surface area (Å²) in [4.78, 5) is 13.6. The fourth-order valence-corrected chi connectivity index (χ4v) is 1.89. The highest BCUT2D eigenvalue weighted by molar-refractivity contribution is 5.99. The molecule has 1 aromatic carbocycles. The number of benzene rings is 1. The maximum atomic E-state index is 11.3. The molecule has 0 unspecified atom stereocenters. The molecule has 18 heavy (non-hydrogen) atoms. The number of nitrogens with one attached hydrogen (secondary N) is 1. The Morgan fingerprint density at radius 3 is 2.50 bits per heavy atom.